The standard InChI is InChI=1S/C17H17NO/c1-11-8-12(2)16(18-10-11)17(19)15-9-14(15)13-6-4-3-5-7-13/h3-8,10,14-15H,9H2,1-2H3. The molecule has 2 nitrogen and oxygen atoms in total. The molecule has 0 saturated heterocycles. The van der Waals surface area contributed by atoms with Gasteiger partial charge in [-0.15, -0.1) is 0 Å². The van der Waals surface area contributed by atoms with Crippen molar-refractivity contribution in [2.45, 2.75) is 26.2 Å². The van der Waals surface area contributed by atoms with Crippen LogP contribution in [0, 0.1) is 19.8 Å². The summed E-state index contributed by atoms with van der Waals surface area (Å²) in [5.74, 6) is 0.707. The normalized spacial score (nSPS) is 21.2. The van der Waals surface area contributed by atoms with Gasteiger partial charge in [-0.2, -0.15) is 0 Å². The molecule has 1 fully saturated rings. The van der Waals surface area contributed by atoms with Gasteiger partial charge < -0.3 is 0 Å². The molecule has 1 aromatic heterocycles. The highest BCUT2D eigenvalue weighted by atomic mass is 16.1. The highest BCUT2D eigenvalue weighted by molar-refractivity contribution is 5.99. The molecular formula is C17H17NO. The van der Waals surface area contributed by atoms with Crippen molar-refractivity contribution in [2.24, 2.45) is 5.92 Å². The average molecular weight is 251 g/mol. The molecule has 0 radical (unpaired) electrons. The first-order valence-corrected chi connectivity index (χ1v) is 6.69. The zero-order valence-electron chi connectivity index (χ0n) is 11.3. The van der Waals surface area contributed by atoms with Crippen molar-refractivity contribution in [3.05, 3.63) is 65.0 Å². The Hall–Kier alpha value is -1.96. The smallest absolute Gasteiger partial charge is 0.185 e. The van der Waals surface area contributed by atoms with Gasteiger partial charge >= 0.3 is 0 Å². The number of benzene rings is 1. The van der Waals surface area contributed by atoms with E-state index < -0.39 is 0 Å². The van der Waals surface area contributed by atoms with E-state index in [1.807, 2.05) is 38.1 Å². The molecule has 2 atom stereocenters. The first kappa shape index (κ1) is 12.1. The Morgan fingerprint density at radius 1 is 1.21 bits per heavy atom. The summed E-state index contributed by atoms with van der Waals surface area (Å²) in [6.45, 7) is 3.96. The van der Waals surface area contributed by atoms with E-state index in [1.165, 1.54) is 5.56 Å². The Labute approximate surface area is 113 Å². The van der Waals surface area contributed by atoms with Crippen LogP contribution in [0.25, 0.3) is 0 Å². The molecule has 1 aliphatic rings. The second-order valence-electron chi connectivity index (χ2n) is 5.40. The number of aromatic nitrogens is 1. The van der Waals surface area contributed by atoms with Gasteiger partial charge in [0, 0.05) is 12.1 Å². The van der Waals surface area contributed by atoms with Crippen LogP contribution in [0.5, 0.6) is 0 Å². The molecule has 2 unspecified atom stereocenters. The van der Waals surface area contributed by atoms with E-state index in [0.717, 1.165) is 17.5 Å². The molecule has 0 spiro atoms. The molecule has 1 aromatic carbocycles. The molecule has 0 bridgehead atoms. The highest BCUT2D eigenvalue weighted by Crippen LogP contribution is 2.49. The van der Waals surface area contributed by atoms with Crippen LogP contribution in [-0.4, -0.2) is 10.8 Å². The average Bonchev–Trinajstić information content (AvgIpc) is 3.19. The van der Waals surface area contributed by atoms with Crippen LogP contribution in [0.4, 0.5) is 0 Å². The minimum absolute atomic E-state index is 0.122. The maximum atomic E-state index is 12.5. The Morgan fingerprint density at radius 2 is 1.95 bits per heavy atom. The van der Waals surface area contributed by atoms with Crippen molar-refractivity contribution >= 4 is 5.78 Å². The second-order valence-corrected chi connectivity index (χ2v) is 5.40. The Morgan fingerprint density at radius 3 is 2.63 bits per heavy atom. The Balaban J connectivity index is 1.80. The lowest BCUT2D eigenvalue weighted by atomic mass is 10.0. The minimum atomic E-state index is 0.122. The SMILES string of the molecule is Cc1cnc(C(=O)C2CC2c2ccccc2)c(C)c1. The molecule has 1 aliphatic carbocycles. The van der Waals surface area contributed by atoms with Crippen LogP contribution < -0.4 is 0 Å². The van der Waals surface area contributed by atoms with E-state index in [9.17, 15) is 4.79 Å². The zero-order valence-corrected chi connectivity index (χ0v) is 11.3. The van der Waals surface area contributed by atoms with Crippen LogP contribution in [0.2, 0.25) is 0 Å². The third-order valence-electron chi connectivity index (χ3n) is 3.80. The monoisotopic (exact) mass is 251 g/mol. The van der Waals surface area contributed by atoms with Gasteiger partial charge in [0.05, 0.1) is 0 Å². The summed E-state index contributed by atoms with van der Waals surface area (Å²) in [6.07, 6.45) is 2.73. The van der Waals surface area contributed by atoms with E-state index in [-0.39, 0.29) is 11.7 Å². The molecule has 2 aromatic rings. The van der Waals surface area contributed by atoms with Crippen LogP contribution in [-0.2, 0) is 0 Å². The lowest BCUT2D eigenvalue weighted by Crippen LogP contribution is -2.08. The lowest BCUT2D eigenvalue weighted by molar-refractivity contribution is 0.0959. The molecule has 0 aliphatic heterocycles. The van der Waals surface area contributed by atoms with Gasteiger partial charge in [-0.3, -0.25) is 9.78 Å². The number of rotatable bonds is 3. The molecule has 3 rings (SSSR count). The number of ketones is 1. The number of pyridine rings is 1. The molecular weight excluding hydrogens is 234 g/mol. The second kappa shape index (κ2) is 4.61. The van der Waals surface area contributed by atoms with Crippen LogP contribution in [0.3, 0.4) is 0 Å². The highest BCUT2D eigenvalue weighted by Gasteiger charge is 2.44. The number of carbonyl (C=O) groups excluding carboxylic acids is 1. The summed E-state index contributed by atoms with van der Waals surface area (Å²) in [5, 5.41) is 0. The Kier molecular flexibility index (Phi) is 2.94. The molecule has 0 amide bonds. The summed E-state index contributed by atoms with van der Waals surface area (Å²) in [4.78, 5) is 16.8. The van der Waals surface area contributed by atoms with E-state index in [0.29, 0.717) is 11.6 Å². The van der Waals surface area contributed by atoms with Crippen LogP contribution >= 0.6 is 0 Å². The van der Waals surface area contributed by atoms with Crippen LogP contribution in [0.15, 0.2) is 42.6 Å². The van der Waals surface area contributed by atoms with Gasteiger partial charge in [-0.05, 0) is 42.9 Å². The van der Waals surface area contributed by atoms with Gasteiger partial charge in [0.1, 0.15) is 5.69 Å². The molecule has 1 saturated carbocycles. The van der Waals surface area contributed by atoms with Crippen LogP contribution in [0.1, 0.15) is 39.5 Å². The number of Topliss-reactive ketones (excluding diaryl/α,β-unsaturated/α-hetero) is 1. The number of nitrogens with zero attached hydrogens (tertiary/aromatic N) is 1. The third kappa shape index (κ3) is 2.30. The first-order valence-electron chi connectivity index (χ1n) is 6.69. The molecule has 96 valence electrons. The fourth-order valence-corrected chi connectivity index (χ4v) is 2.70. The quantitative estimate of drug-likeness (QED) is 0.779. The van der Waals surface area contributed by atoms with Gasteiger partial charge in [-0.25, -0.2) is 0 Å². The summed E-state index contributed by atoms with van der Waals surface area (Å²) in [5.41, 5.74) is 4.01. The summed E-state index contributed by atoms with van der Waals surface area (Å²) in [6, 6.07) is 12.3. The predicted octanol–water partition coefficient (Wildman–Crippen LogP) is 3.68. The minimum Gasteiger partial charge on any atom is -0.292 e. The van der Waals surface area contributed by atoms with E-state index in [4.69, 9.17) is 0 Å². The lowest BCUT2D eigenvalue weighted by Gasteiger charge is -2.05. The molecule has 0 N–H and O–H groups in total. The first-order chi connectivity index (χ1) is 9.16. The van der Waals surface area contributed by atoms with Gasteiger partial charge in [-0.1, -0.05) is 36.4 Å². The molecule has 19 heavy (non-hydrogen) atoms. The number of hydrogen-bond donors (Lipinski definition) is 0. The van der Waals surface area contributed by atoms with E-state index in [1.54, 1.807) is 6.20 Å². The summed E-state index contributed by atoms with van der Waals surface area (Å²) < 4.78 is 0. The largest absolute Gasteiger partial charge is 0.292 e. The zero-order chi connectivity index (χ0) is 13.4. The van der Waals surface area contributed by atoms with E-state index >= 15 is 0 Å². The number of carbonyl (C=O) groups is 1. The third-order valence-corrected chi connectivity index (χ3v) is 3.80. The fraction of sp³-hybridized carbons (Fsp3) is 0.294. The summed E-state index contributed by atoms with van der Waals surface area (Å²) in [7, 11) is 0. The van der Waals surface area contributed by atoms with Gasteiger partial charge in [0.25, 0.3) is 0 Å². The maximum absolute atomic E-state index is 12.5. The maximum Gasteiger partial charge on any atom is 0.185 e. The van der Waals surface area contributed by atoms with Crippen molar-refractivity contribution < 1.29 is 4.79 Å². The number of aryl methyl sites for hydroxylation is 2. The fourth-order valence-electron chi connectivity index (χ4n) is 2.70. The van der Waals surface area contributed by atoms with Crippen molar-refractivity contribution in [3.63, 3.8) is 0 Å². The van der Waals surface area contributed by atoms with Crippen molar-refractivity contribution in [3.8, 4) is 0 Å². The molecule has 1 heterocycles. The molecule has 2 heteroatoms. The van der Waals surface area contributed by atoms with Crippen molar-refractivity contribution in [1.82, 2.24) is 4.98 Å². The van der Waals surface area contributed by atoms with Gasteiger partial charge in [0.2, 0.25) is 0 Å². The van der Waals surface area contributed by atoms with E-state index in [2.05, 4.69) is 17.1 Å². The summed E-state index contributed by atoms with van der Waals surface area (Å²) >= 11 is 0. The predicted molar refractivity (Wildman–Crippen MR) is 75.3 cm³/mol. The topological polar surface area (TPSA) is 30.0 Å². The Bertz CT molecular complexity index is 618. The van der Waals surface area contributed by atoms with Gasteiger partial charge in [0.15, 0.2) is 5.78 Å². The number of hydrogen-bond acceptors (Lipinski definition) is 2. The van der Waals surface area contributed by atoms with Crippen molar-refractivity contribution in [2.75, 3.05) is 0 Å². The van der Waals surface area contributed by atoms with Crippen molar-refractivity contribution in [1.29, 1.82) is 0 Å².